The van der Waals surface area contributed by atoms with Gasteiger partial charge in [0.25, 0.3) is 11.8 Å². The number of fused-ring (bicyclic) bond motifs is 1. The first-order valence-corrected chi connectivity index (χ1v) is 8.51. The molecule has 0 fully saturated rings. The second-order valence-corrected chi connectivity index (χ2v) is 6.03. The third-order valence-corrected chi connectivity index (χ3v) is 4.39. The van der Waals surface area contributed by atoms with Crippen LogP contribution >= 0.6 is 11.5 Å². The molecule has 0 bridgehead atoms. The van der Waals surface area contributed by atoms with Crippen LogP contribution < -0.4 is 16.0 Å². The van der Waals surface area contributed by atoms with Crippen LogP contribution in [0.1, 0.15) is 20.8 Å². The van der Waals surface area contributed by atoms with Crippen molar-refractivity contribution in [3.63, 3.8) is 0 Å². The number of nitrogens with zero attached hydrogens (tertiary/aromatic N) is 2. The van der Waals surface area contributed by atoms with Crippen molar-refractivity contribution >= 4 is 39.3 Å². The van der Waals surface area contributed by atoms with E-state index in [1.807, 2.05) is 24.3 Å². The van der Waals surface area contributed by atoms with Gasteiger partial charge in [-0.25, -0.2) is 0 Å². The molecule has 7 nitrogen and oxygen atoms in total. The van der Waals surface area contributed by atoms with Crippen LogP contribution in [-0.4, -0.2) is 41.3 Å². The lowest BCUT2D eigenvalue weighted by Crippen LogP contribution is -2.29. The molecule has 2 amide bonds. The molecular formula is C17H17N5O2S. The van der Waals surface area contributed by atoms with Crippen LogP contribution in [0.4, 0.5) is 5.82 Å². The highest BCUT2D eigenvalue weighted by atomic mass is 32.1. The van der Waals surface area contributed by atoms with Crippen molar-refractivity contribution in [1.29, 1.82) is 0 Å². The number of carbonyl (C=O) groups excluding carboxylic acids is 2. The summed E-state index contributed by atoms with van der Waals surface area (Å²) in [7, 11) is 1.54. The first-order chi connectivity index (χ1) is 12.2. The van der Waals surface area contributed by atoms with E-state index in [1.165, 1.54) is 23.8 Å². The Labute approximate surface area is 148 Å². The van der Waals surface area contributed by atoms with Crippen molar-refractivity contribution in [3.8, 4) is 0 Å². The average molecular weight is 355 g/mol. The molecule has 0 aliphatic carbocycles. The molecule has 0 saturated heterocycles. The Kier molecular flexibility index (Phi) is 5.20. The maximum atomic E-state index is 12.1. The van der Waals surface area contributed by atoms with Crippen LogP contribution in [0, 0.1) is 0 Å². The lowest BCUT2D eigenvalue weighted by atomic mass is 10.2. The molecule has 0 spiro atoms. The molecule has 0 aliphatic rings. The van der Waals surface area contributed by atoms with Gasteiger partial charge in [-0.1, -0.05) is 12.1 Å². The normalized spacial score (nSPS) is 10.4. The molecule has 0 radical (unpaired) electrons. The number of hydrogen-bond acceptors (Lipinski definition) is 6. The van der Waals surface area contributed by atoms with Crippen molar-refractivity contribution < 1.29 is 9.59 Å². The standard InChI is InChI=1S/C17H17N5O2S/c1-18-16(23)11-6-7-13(21-10-11)17(24)20-9-8-19-15-12-4-2-3-5-14(12)25-22-15/h2-7,10H,8-9H2,1H3,(H,18,23)(H,19,22)(H,20,24). The predicted molar refractivity (Wildman–Crippen MR) is 98.1 cm³/mol. The maximum Gasteiger partial charge on any atom is 0.269 e. The zero-order valence-electron chi connectivity index (χ0n) is 13.6. The van der Waals surface area contributed by atoms with Gasteiger partial charge in [0.2, 0.25) is 0 Å². The van der Waals surface area contributed by atoms with Crippen LogP contribution in [0.2, 0.25) is 0 Å². The summed E-state index contributed by atoms with van der Waals surface area (Å²) in [6.07, 6.45) is 1.38. The first kappa shape index (κ1) is 16.8. The van der Waals surface area contributed by atoms with E-state index in [1.54, 1.807) is 13.1 Å². The lowest BCUT2D eigenvalue weighted by Gasteiger charge is -2.07. The van der Waals surface area contributed by atoms with E-state index in [2.05, 4.69) is 25.3 Å². The van der Waals surface area contributed by atoms with E-state index >= 15 is 0 Å². The maximum absolute atomic E-state index is 12.1. The summed E-state index contributed by atoms with van der Waals surface area (Å²) >= 11 is 1.44. The molecule has 128 valence electrons. The van der Waals surface area contributed by atoms with Crippen LogP contribution in [0.15, 0.2) is 42.6 Å². The van der Waals surface area contributed by atoms with Gasteiger partial charge in [0.1, 0.15) is 11.5 Å². The topological polar surface area (TPSA) is 96.0 Å². The zero-order chi connectivity index (χ0) is 17.6. The van der Waals surface area contributed by atoms with Crippen molar-refractivity contribution in [1.82, 2.24) is 20.0 Å². The largest absolute Gasteiger partial charge is 0.367 e. The fraction of sp³-hybridized carbons (Fsp3) is 0.176. The molecule has 0 atom stereocenters. The van der Waals surface area contributed by atoms with Gasteiger partial charge in [-0.2, -0.15) is 4.37 Å². The van der Waals surface area contributed by atoms with Gasteiger partial charge in [0, 0.05) is 31.7 Å². The van der Waals surface area contributed by atoms with E-state index < -0.39 is 0 Å². The van der Waals surface area contributed by atoms with Crippen LogP contribution in [-0.2, 0) is 0 Å². The number of rotatable bonds is 6. The summed E-state index contributed by atoms with van der Waals surface area (Å²) < 4.78 is 5.49. The number of nitrogens with one attached hydrogen (secondary N) is 3. The first-order valence-electron chi connectivity index (χ1n) is 7.73. The van der Waals surface area contributed by atoms with Crippen LogP contribution in [0.5, 0.6) is 0 Å². The predicted octanol–water partition coefficient (Wildman–Crippen LogP) is 1.89. The van der Waals surface area contributed by atoms with Crippen molar-refractivity contribution in [2.45, 2.75) is 0 Å². The molecule has 2 heterocycles. The van der Waals surface area contributed by atoms with Gasteiger partial charge in [0.05, 0.1) is 10.3 Å². The monoisotopic (exact) mass is 355 g/mol. The average Bonchev–Trinajstić information content (AvgIpc) is 3.07. The number of anilines is 1. The Morgan fingerprint density at radius 1 is 1.08 bits per heavy atom. The molecule has 25 heavy (non-hydrogen) atoms. The molecule has 0 unspecified atom stereocenters. The molecule has 8 heteroatoms. The number of pyridine rings is 1. The number of benzene rings is 1. The minimum atomic E-state index is -0.284. The minimum absolute atomic E-state index is 0.237. The molecular weight excluding hydrogens is 338 g/mol. The van der Waals surface area contributed by atoms with E-state index in [9.17, 15) is 9.59 Å². The number of carbonyl (C=O) groups is 2. The fourth-order valence-corrected chi connectivity index (χ4v) is 3.02. The number of amides is 2. The third kappa shape index (κ3) is 3.92. The Morgan fingerprint density at radius 3 is 2.68 bits per heavy atom. The van der Waals surface area contributed by atoms with Crippen LogP contribution in [0.3, 0.4) is 0 Å². The second kappa shape index (κ2) is 7.71. The second-order valence-electron chi connectivity index (χ2n) is 5.22. The molecule has 3 rings (SSSR count). The van der Waals surface area contributed by atoms with Gasteiger partial charge >= 0.3 is 0 Å². The summed E-state index contributed by atoms with van der Waals surface area (Å²) in [6, 6.07) is 11.1. The Balaban J connectivity index is 1.50. The quantitative estimate of drug-likeness (QED) is 0.587. The van der Waals surface area contributed by atoms with E-state index in [4.69, 9.17) is 0 Å². The smallest absolute Gasteiger partial charge is 0.269 e. The lowest BCUT2D eigenvalue weighted by molar-refractivity contribution is 0.0942. The Hall–Kier alpha value is -3.00. The summed E-state index contributed by atoms with van der Waals surface area (Å²) in [5.41, 5.74) is 0.683. The van der Waals surface area contributed by atoms with Crippen molar-refractivity contribution in [2.24, 2.45) is 0 Å². The molecule has 1 aromatic carbocycles. The highest BCUT2D eigenvalue weighted by Crippen LogP contribution is 2.25. The SMILES string of the molecule is CNC(=O)c1ccc(C(=O)NCCNc2nsc3ccccc23)nc1. The molecule has 3 aromatic rings. The minimum Gasteiger partial charge on any atom is -0.367 e. The van der Waals surface area contributed by atoms with E-state index in [0.717, 1.165) is 15.9 Å². The summed E-state index contributed by atoms with van der Waals surface area (Å²) in [5.74, 6) is 0.301. The van der Waals surface area contributed by atoms with Gasteiger partial charge in [-0.15, -0.1) is 0 Å². The van der Waals surface area contributed by atoms with Gasteiger partial charge < -0.3 is 16.0 Å². The molecule has 0 aliphatic heterocycles. The fourth-order valence-electron chi connectivity index (χ4n) is 2.27. The van der Waals surface area contributed by atoms with E-state index in [-0.39, 0.29) is 17.5 Å². The molecule has 3 N–H and O–H groups in total. The Bertz CT molecular complexity index is 891. The van der Waals surface area contributed by atoms with Crippen LogP contribution in [0.25, 0.3) is 10.1 Å². The van der Waals surface area contributed by atoms with Crippen molar-refractivity contribution in [2.75, 3.05) is 25.5 Å². The van der Waals surface area contributed by atoms with Gasteiger partial charge in [-0.3, -0.25) is 14.6 Å². The highest BCUT2D eigenvalue weighted by molar-refractivity contribution is 7.13. The zero-order valence-corrected chi connectivity index (χ0v) is 14.4. The van der Waals surface area contributed by atoms with Gasteiger partial charge in [-0.05, 0) is 35.8 Å². The summed E-state index contributed by atoms with van der Waals surface area (Å²) in [4.78, 5) is 27.5. The molecule has 0 saturated carbocycles. The Morgan fingerprint density at radius 2 is 1.92 bits per heavy atom. The third-order valence-electron chi connectivity index (χ3n) is 3.57. The van der Waals surface area contributed by atoms with Gasteiger partial charge in [0.15, 0.2) is 0 Å². The van der Waals surface area contributed by atoms with Crippen molar-refractivity contribution in [3.05, 3.63) is 53.9 Å². The highest BCUT2D eigenvalue weighted by Gasteiger charge is 2.09. The molecule has 2 aromatic heterocycles. The van der Waals surface area contributed by atoms with E-state index in [0.29, 0.717) is 18.7 Å². The number of hydrogen-bond donors (Lipinski definition) is 3. The summed E-state index contributed by atoms with van der Waals surface area (Å²) in [6.45, 7) is 0.985. The summed E-state index contributed by atoms with van der Waals surface area (Å²) in [5, 5.41) is 9.58. The number of aromatic nitrogens is 2.